The van der Waals surface area contributed by atoms with E-state index in [-0.39, 0.29) is 5.91 Å². The van der Waals surface area contributed by atoms with E-state index in [2.05, 4.69) is 30.9 Å². The van der Waals surface area contributed by atoms with Crippen molar-refractivity contribution < 1.29 is 4.79 Å². The molecule has 3 aromatic rings. The van der Waals surface area contributed by atoms with Crippen LogP contribution in [-0.4, -0.2) is 33.9 Å². The summed E-state index contributed by atoms with van der Waals surface area (Å²) in [7, 11) is 0. The van der Waals surface area contributed by atoms with Gasteiger partial charge in [0.05, 0.1) is 11.6 Å². The highest BCUT2D eigenvalue weighted by Crippen LogP contribution is 2.15. The quantitative estimate of drug-likeness (QED) is 0.545. The van der Waals surface area contributed by atoms with E-state index >= 15 is 0 Å². The van der Waals surface area contributed by atoms with Crippen molar-refractivity contribution in [3.05, 3.63) is 71.7 Å². The summed E-state index contributed by atoms with van der Waals surface area (Å²) in [6.07, 6.45) is 1.70. The first kappa shape index (κ1) is 18.8. The summed E-state index contributed by atoms with van der Waals surface area (Å²) in [5.74, 6) is 2.41. The molecule has 1 aromatic carbocycles. The van der Waals surface area contributed by atoms with Crippen molar-refractivity contribution in [3.8, 4) is 6.07 Å². The van der Waals surface area contributed by atoms with Crippen molar-refractivity contribution in [2.24, 2.45) is 0 Å². The molecule has 0 aliphatic carbocycles. The lowest BCUT2D eigenvalue weighted by atomic mass is 10.1. The average Bonchev–Trinajstić information content (AvgIpc) is 2.71. The number of benzene rings is 1. The Labute approximate surface area is 162 Å². The van der Waals surface area contributed by atoms with Gasteiger partial charge >= 0.3 is 0 Å². The predicted molar refractivity (Wildman–Crippen MR) is 106 cm³/mol. The normalized spacial score (nSPS) is 10.0. The maximum atomic E-state index is 12.1. The van der Waals surface area contributed by atoms with Crippen LogP contribution in [0.2, 0.25) is 0 Å². The number of aromatic nitrogens is 3. The second-order valence-electron chi connectivity index (χ2n) is 5.90. The topological polar surface area (TPSA) is 116 Å². The van der Waals surface area contributed by atoms with E-state index in [9.17, 15) is 4.79 Å². The molecule has 28 heavy (non-hydrogen) atoms. The highest BCUT2D eigenvalue weighted by molar-refractivity contribution is 5.94. The van der Waals surface area contributed by atoms with Crippen molar-refractivity contribution in [3.63, 3.8) is 0 Å². The van der Waals surface area contributed by atoms with Crippen LogP contribution in [0.3, 0.4) is 0 Å². The molecule has 3 rings (SSSR count). The van der Waals surface area contributed by atoms with Gasteiger partial charge in [-0.05, 0) is 43.3 Å². The van der Waals surface area contributed by atoms with Gasteiger partial charge in [0, 0.05) is 30.9 Å². The number of rotatable bonds is 7. The van der Waals surface area contributed by atoms with Gasteiger partial charge in [-0.3, -0.25) is 4.79 Å². The predicted octanol–water partition coefficient (Wildman–Crippen LogP) is 2.64. The van der Waals surface area contributed by atoms with Gasteiger partial charge in [0.15, 0.2) is 0 Å². The molecule has 2 heterocycles. The number of aryl methyl sites for hydroxylation is 1. The Morgan fingerprint density at radius 2 is 1.82 bits per heavy atom. The number of pyridine rings is 1. The number of carbonyl (C=O) groups is 1. The minimum atomic E-state index is -0.192. The summed E-state index contributed by atoms with van der Waals surface area (Å²) >= 11 is 0. The van der Waals surface area contributed by atoms with E-state index in [1.54, 1.807) is 36.5 Å². The second-order valence-corrected chi connectivity index (χ2v) is 5.90. The number of nitrogens with zero attached hydrogens (tertiary/aromatic N) is 4. The van der Waals surface area contributed by atoms with Gasteiger partial charge in [-0.25, -0.2) is 15.0 Å². The largest absolute Gasteiger partial charge is 0.368 e. The van der Waals surface area contributed by atoms with Gasteiger partial charge in [0.1, 0.15) is 23.3 Å². The fourth-order valence-electron chi connectivity index (χ4n) is 2.46. The van der Waals surface area contributed by atoms with Crippen molar-refractivity contribution in [1.82, 2.24) is 20.3 Å². The number of anilines is 3. The minimum Gasteiger partial charge on any atom is -0.368 e. The summed E-state index contributed by atoms with van der Waals surface area (Å²) in [4.78, 5) is 25.0. The Morgan fingerprint density at radius 3 is 2.54 bits per heavy atom. The third-order valence-electron chi connectivity index (χ3n) is 3.75. The lowest BCUT2D eigenvalue weighted by Gasteiger charge is -2.10. The number of hydrogen-bond donors (Lipinski definition) is 3. The van der Waals surface area contributed by atoms with Gasteiger partial charge in [-0.15, -0.1) is 0 Å². The Balaban J connectivity index is 1.51. The SMILES string of the molecule is Cc1nc(NCCNC(=O)c2ccc(C#N)cc2)cc(Nc2ccccn2)n1. The van der Waals surface area contributed by atoms with Crippen LogP contribution in [0.1, 0.15) is 21.7 Å². The fourth-order valence-corrected chi connectivity index (χ4v) is 2.46. The molecule has 2 aromatic heterocycles. The zero-order valence-corrected chi connectivity index (χ0v) is 15.3. The molecule has 0 bridgehead atoms. The van der Waals surface area contributed by atoms with Crippen LogP contribution in [-0.2, 0) is 0 Å². The molecule has 0 saturated heterocycles. The van der Waals surface area contributed by atoms with Crippen molar-refractivity contribution in [2.45, 2.75) is 6.92 Å². The first-order chi connectivity index (χ1) is 13.6. The van der Waals surface area contributed by atoms with E-state index in [0.717, 1.165) is 0 Å². The molecular formula is C20H19N7O. The van der Waals surface area contributed by atoms with E-state index in [1.807, 2.05) is 31.2 Å². The maximum Gasteiger partial charge on any atom is 0.251 e. The highest BCUT2D eigenvalue weighted by Gasteiger charge is 2.06. The molecule has 0 spiro atoms. The van der Waals surface area contributed by atoms with Crippen LogP contribution in [0.25, 0.3) is 0 Å². The third-order valence-corrected chi connectivity index (χ3v) is 3.75. The highest BCUT2D eigenvalue weighted by atomic mass is 16.1. The zero-order valence-electron chi connectivity index (χ0n) is 15.3. The maximum absolute atomic E-state index is 12.1. The number of nitrogens with one attached hydrogen (secondary N) is 3. The molecule has 0 aliphatic heterocycles. The first-order valence-corrected chi connectivity index (χ1v) is 8.70. The van der Waals surface area contributed by atoms with Crippen LogP contribution in [0.15, 0.2) is 54.7 Å². The van der Waals surface area contributed by atoms with E-state index in [4.69, 9.17) is 5.26 Å². The Bertz CT molecular complexity index is 982. The van der Waals surface area contributed by atoms with Gasteiger partial charge in [-0.1, -0.05) is 6.07 Å². The Hall–Kier alpha value is -3.99. The van der Waals surface area contributed by atoms with Crippen LogP contribution in [0.4, 0.5) is 17.5 Å². The first-order valence-electron chi connectivity index (χ1n) is 8.70. The second kappa shape index (κ2) is 9.09. The minimum absolute atomic E-state index is 0.192. The Morgan fingerprint density at radius 1 is 1.04 bits per heavy atom. The molecule has 1 amide bonds. The summed E-state index contributed by atoms with van der Waals surface area (Å²) in [6, 6.07) is 15.9. The molecule has 8 nitrogen and oxygen atoms in total. The summed E-state index contributed by atoms with van der Waals surface area (Å²) < 4.78 is 0. The van der Waals surface area contributed by atoms with Crippen molar-refractivity contribution >= 4 is 23.4 Å². The van der Waals surface area contributed by atoms with Crippen molar-refractivity contribution in [2.75, 3.05) is 23.7 Å². The molecule has 0 unspecified atom stereocenters. The lowest BCUT2D eigenvalue weighted by Crippen LogP contribution is -2.28. The number of nitriles is 1. The molecule has 8 heteroatoms. The third kappa shape index (κ3) is 5.25. The smallest absolute Gasteiger partial charge is 0.251 e. The van der Waals surface area contributed by atoms with Gasteiger partial charge in [0.2, 0.25) is 0 Å². The van der Waals surface area contributed by atoms with Crippen LogP contribution >= 0.6 is 0 Å². The molecule has 0 aliphatic rings. The number of amides is 1. The summed E-state index contributed by atoms with van der Waals surface area (Å²) in [6.45, 7) is 2.73. The molecule has 3 N–H and O–H groups in total. The summed E-state index contributed by atoms with van der Waals surface area (Å²) in [5, 5.41) is 17.9. The molecule has 0 saturated carbocycles. The van der Waals surface area contributed by atoms with Gasteiger partial charge in [0.25, 0.3) is 5.91 Å². The van der Waals surface area contributed by atoms with Gasteiger partial charge in [-0.2, -0.15) is 5.26 Å². The zero-order chi connectivity index (χ0) is 19.8. The lowest BCUT2D eigenvalue weighted by molar-refractivity contribution is 0.0955. The Kier molecular flexibility index (Phi) is 6.10. The van der Waals surface area contributed by atoms with E-state index in [1.165, 1.54) is 0 Å². The number of carbonyl (C=O) groups excluding carboxylic acids is 1. The molecular weight excluding hydrogens is 354 g/mol. The van der Waals surface area contributed by atoms with Crippen LogP contribution < -0.4 is 16.0 Å². The van der Waals surface area contributed by atoms with E-state index < -0.39 is 0 Å². The molecule has 0 fully saturated rings. The van der Waals surface area contributed by atoms with Crippen LogP contribution in [0, 0.1) is 18.3 Å². The molecule has 0 radical (unpaired) electrons. The van der Waals surface area contributed by atoms with Crippen LogP contribution in [0.5, 0.6) is 0 Å². The van der Waals surface area contributed by atoms with E-state index in [0.29, 0.717) is 47.5 Å². The monoisotopic (exact) mass is 373 g/mol. The number of hydrogen-bond acceptors (Lipinski definition) is 7. The fraction of sp³-hybridized carbons (Fsp3) is 0.150. The van der Waals surface area contributed by atoms with Crippen molar-refractivity contribution in [1.29, 1.82) is 5.26 Å². The standard InChI is InChI=1S/C20H19N7O/c1-14-25-18(12-19(26-14)27-17-4-2-3-9-22-17)23-10-11-24-20(28)16-7-5-15(13-21)6-8-16/h2-9,12H,10-11H2,1H3,(H,24,28)(H2,22,23,25,26,27). The van der Waals surface area contributed by atoms with Gasteiger partial charge < -0.3 is 16.0 Å². The summed E-state index contributed by atoms with van der Waals surface area (Å²) in [5.41, 5.74) is 1.03. The molecule has 0 atom stereocenters. The average molecular weight is 373 g/mol. The molecule has 140 valence electrons.